The number of hydrogen-bond donors (Lipinski definition) is 1. The highest BCUT2D eigenvalue weighted by Gasteiger charge is 2.21. The first-order chi connectivity index (χ1) is 8.95. The molecule has 0 atom stereocenters. The Hall–Kier alpha value is -1.09. The third-order valence-corrected chi connectivity index (χ3v) is 5.71. The molecular formula is C10H12ClN3O3S2. The van der Waals surface area contributed by atoms with Gasteiger partial charge in [0, 0.05) is 7.05 Å². The molecule has 2 heterocycles. The van der Waals surface area contributed by atoms with E-state index in [9.17, 15) is 8.42 Å². The van der Waals surface area contributed by atoms with Crippen molar-refractivity contribution in [2.75, 3.05) is 7.11 Å². The Bertz CT molecular complexity index is 678. The number of aromatic nitrogens is 2. The Morgan fingerprint density at radius 2 is 2.32 bits per heavy atom. The van der Waals surface area contributed by atoms with Crippen molar-refractivity contribution in [3.8, 4) is 5.75 Å². The van der Waals surface area contributed by atoms with Crippen LogP contribution >= 0.6 is 22.9 Å². The topological polar surface area (TPSA) is 73.2 Å². The number of imidazole rings is 1. The summed E-state index contributed by atoms with van der Waals surface area (Å²) in [7, 11) is -0.475. The van der Waals surface area contributed by atoms with Gasteiger partial charge in [-0.1, -0.05) is 11.6 Å². The van der Waals surface area contributed by atoms with E-state index >= 15 is 0 Å². The summed E-state index contributed by atoms with van der Waals surface area (Å²) < 4.78 is 33.5. The Balaban J connectivity index is 2.17. The number of hydrogen-bond acceptors (Lipinski definition) is 5. The lowest BCUT2D eigenvalue weighted by Gasteiger charge is -2.07. The van der Waals surface area contributed by atoms with Gasteiger partial charge in [0.15, 0.2) is 4.21 Å². The summed E-state index contributed by atoms with van der Waals surface area (Å²) in [6.45, 7) is 0.0621. The fourth-order valence-electron chi connectivity index (χ4n) is 1.44. The second-order valence-corrected chi connectivity index (χ2v) is 6.92. The molecule has 9 heteroatoms. The fraction of sp³-hybridized carbons (Fsp3) is 0.300. The Morgan fingerprint density at radius 1 is 1.58 bits per heavy atom. The quantitative estimate of drug-likeness (QED) is 0.908. The van der Waals surface area contributed by atoms with Gasteiger partial charge in [-0.25, -0.2) is 18.1 Å². The van der Waals surface area contributed by atoms with Crippen molar-refractivity contribution >= 4 is 33.0 Å². The number of rotatable bonds is 5. The van der Waals surface area contributed by atoms with Gasteiger partial charge in [0.25, 0.3) is 10.0 Å². The number of nitrogens with zero attached hydrogens (tertiary/aromatic N) is 2. The molecule has 0 spiro atoms. The smallest absolute Gasteiger partial charge is 0.254 e. The predicted molar refractivity (Wildman–Crippen MR) is 73.1 cm³/mol. The second-order valence-electron chi connectivity index (χ2n) is 3.66. The number of ether oxygens (including phenoxy) is 1. The van der Waals surface area contributed by atoms with E-state index in [0.29, 0.717) is 16.7 Å². The van der Waals surface area contributed by atoms with Gasteiger partial charge in [0.1, 0.15) is 16.7 Å². The van der Waals surface area contributed by atoms with Crippen LogP contribution in [0.5, 0.6) is 5.75 Å². The first-order valence-corrected chi connectivity index (χ1v) is 7.97. The van der Waals surface area contributed by atoms with Crippen LogP contribution in [0.25, 0.3) is 0 Å². The highest BCUT2D eigenvalue weighted by atomic mass is 35.5. The van der Waals surface area contributed by atoms with Crippen LogP contribution in [0.4, 0.5) is 0 Å². The van der Waals surface area contributed by atoms with Gasteiger partial charge < -0.3 is 9.30 Å². The summed E-state index contributed by atoms with van der Waals surface area (Å²) in [5, 5.41) is 2.10. The minimum atomic E-state index is -3.62. The monoisotopic (exact) mass is 321 g/mol. The molecule has 2 rings (SSSR count). The van der Waals surface area contributed by atoms with Crippen LogP contribution in [0, 0.1) is 0 Å². The standard InChI is InChI=1S/C10H12ClN3O3S2/c1-14-8(11)5-12-9(14)6-13-19(15,16)10-7(17-2)3-4-18-10/h3-5,13H,6H2,1-2H3. The molecule has 1 N–H and O–H groups in total. The van der Waals surface area contributed by atoms with Crippen molar-refractivity contribution in [3.05, 3.63) is 28.6 Å². The molecule has 0 aromatic carbocycles. The minimum Gasteiger partial charge on any atom is -0.494 e. The molecule has 0 saturated heterocycles. The number of thiophene rings is 1. The Morgan fingerprint density at radius 3 is 2.89 bits per heavy atom. The third kappa shape index (κ3) is 2.92. The highest BCUT2D eigenvalue weighted by Crippen LogP contribution is 2.29. The summed E-state index contributed by atoms with van der Waals surface area (Å²) in [5.41, 5.74) is 0. The number of nitrogens with one attached hydrogen (secondary N) is 1. The number of halogens is 1. The summed E-state index contributed by atoms with van der Waals surface area (Å²) >= 11 is 6.93. The van der Waals surface area contributed by atoms with Crippen LogP contribution in [0.15, 0.2) is 21.9 Å². The summed E-state index contributed by atoms with van der Waals surface area (Å²) in [6.07, 6.45) is 1.47. The third-order valence-electron chi connectivity index (χ3n) is 2.51. The van der Waals surface area contributed by atoms with Crippen LogP contribution < -0.4 is 9.46 Å². The first-order valence-electron chi connectivity index (χ1n) is 5.23. The second kappa shape index (κ2) is 5.49. The molecule has 0 bridgehead atoms. The zero-order valence-electron chi connectivity index (χ0n) is 10.3. The molecule has 19 heavy (non-hydrogen) atoms. The minimum absolute atomic E-state index is 0.0621. The number of sulfonamides is 1. The molecule has 0 fully saturated rings. The molecule has 6 nitrogen and oxygen atoms in total. The molecule has 0 amide bonds. The predicted octanol–water partition coefficient (Wildman–Crippen LogP) is 1.62. The highest BCUT2D eigenvalue weighted by molar-refractivity contribution is 7.91. The maximum absolute atomic E-state index is 12.1. The average molecular weight is 322 g/mol. The molecule has 2 aromatic heterocycles. The van der Waals surface area contributed by atoms with Crippen LogP contribution in [0.1, 0.15) is 5.82 Å². The van der Waals surface area contributed by atoms with E-state index in [2.05, 4.69) is 9.71 Å². The largest absolute Gasteiger partial charge is 0.494 e. The Kier molecular flexibility index (Phi) is 4.14. The SMILES string of the molecule is COc1ccsc1S(=O)(=O)NCc1ncc(Cl)n1C. The van der Waals surface area contributed by atoms with E-state index in [1.54, 1.807) is 23.1 Å². The van der Waals surface area contributed by atoms with E-state index in [0.717, 1.165) is 11.3 Å². The summed E-state index contributed by atoms with van der Waals surface area (Å²) in [5.74, 6) is 0.861. The number of methoxy groups -OCH3 is 1. The molecule has 0 unspecified atom stereocenters. The van der Waals surface area contributed by atoms with Crippen molar-refractivity contribution < 1.29 is 13.2 Å². The van der Waals surface area contributed by atoms with Crippen molar-refractivity contribution in [3.63, 3.8) is 0 Å². The average Bonchev–Trinajstić information content (AvgIpc) is 2.97. The maximum atomic E-state index is 12.1. The summed E-state index contributed by atoms with van der Waals surface area (Å²) in [6, 6.07) is 1.61. The fourth-order valence-corrected chi connectivity index (χ4v) is 3.89. The normalized spacial score (nSPS) is 11.7. The van der Waals surface area contributed by atoms with E-state index in [1.165, 1.54) is 13.3 Å². The van der Waals surface area contributed by atoms with Gasteiger partial charge in [-0.3, -0.25) is 0 Å². The van der Waals surface area contributed by atoms with Crippen LogP contribution in [-0.4, -0.2) is 25.1 Å². The molecular weight excluding hydrogens is 310 g/mol. The van der Waals surface area contributed by atoms with E-state index in [1.807, 2.05) is 0 Å². The lowest BCUT2D eigenvalue weighted by atomic mass is 10.6. The molecule has 104 valence electrons. The van der Waals surface area contributed by atoms with Gasteiger partial charge in [-0.2, -0.15) is 0 Å². The molecule has 0 saturated carbocycles. The Labute approximate surface area is 120 Å². The first kappa shape index (κ1) is 14.3. The molecule has 2 aromatic rings. The maximum Gasteiger partial charge on any atom is 0.254 e. The van der Waals surface area contributed by atoms with E-state index in [-0.39, 0.29) is 10.8 Å². The van der Waals surface area contributed by atoms with Crippen LogP contribution in [-0.2, 0) is 23.6 Å². The van der Waals surface area contributed by atoms with Crippen molar-refractivity contribution in [1.82, 2.24) is 14.3 Å². The van der Waals surface area contributed by atoms with E-state index < -0.39 is 10.0 Å². The van der Waals surface area contributed by atoms with Crippen LogP contribution in [0.3, 0.4) is 0 Å². The zero-order chi connectivity index (χ0) is 14.0. The van der Waals surface area contributed by atoms with Gasteiger partial charge in [0.2, 0.25) is 0 Å². The molecule has 0 aliphatic rings. The van der Waals surface area contributed by atoms with Crippen molar-refractivity contribution in [1.29, 1.82) is 0 Å². The molecule has 0 aliphatic heterocycles. The lowest BCUT2D eigenvalue weighted by molar-refractivity contribution is 0.406. The van der Waals surface area contributed by atoms with Crippen molar-refractivity contribution in [2.24, 2.45) is 7.05 Å². The van der Waals surface area contributed by atoms with Crippen molar-refractivity contribution in [2.45, 2.75) is 10.8 Å². The summed E-state index contributed by atoms with van der Waals surface area (Å²) in [4.78, 5) is 4.02. The van der Waals surface area contributed by atoms with Crippen LogP contribution in [0.2, 0.25) is 5.15 Å². The van der Waals surface area contributed by atoms with Gasteiger partial charge in [-0.15, -0.1) is 11.3 Å². The molecule has 0 aliphatic carbocycles. The molecule has 0 radical (unpaired) electrons. The lowest BCUT2D eigenvalue weighted by Crippen LogP contribution is -2.24. The van der Waals surface area contributed by atoms with Gasteiger partial charge >= 0.3 is 0 Å². The van der Waals surface area contributed by atoms with Gasteiger partial charge in [-0.05, 0) is 11.4 Å². The van der Waals surface area contributed by atoms with E-state index in [4.69, 9.17) is 16.3 Å². The zero-order valence-corrected chi connectivity index (χ0v) is 12.6. The van der Waals surface area contributed by atoms with Gasteiger partial charge in [0.05, 0.1) is 19.9 Å².